The quantitative estimate of drug-likeness (QED) is 0.747. The van der Waals surface area contributed by atoms with E-state index < -0.39 is 0 Å². The molecule has 0 spiro atoms. The third kappa shape index (κ3) is 6.34. The van der Waals surface area contributed by atoms with E-state index >= 15 is 0 Å². The second-order valence-electron chi connectivity index (χ2n) is 4.08. The summed E-state index contributed by atoms with van der Waals surface area (Å²) in [5.74, 6) is 1.84. The molecule has 1 N–H and O–H groups in total. The molecule has 19 heavy (non-hydrogen) atoms. The van der Waals surface area contributed by atoms with Crippen LogP contribution >= 0.6 is 11.6 Å². The normalized spacial score (nSPS) is 11.7. The van der Waals surface area contributed by atoms with E-state index in [2.05, 4.69) is 5.32 Å². The van der Waals surface area contributed by atoms with Gasteiger partial charge in [0.2, 0.25) is 5.91 Å². The van der Waals surface area contributed by atoms with Crippen LogP contribution in [0.15, 0.2) is 24.3 Å². The molecule has 4 nitrogen and oxygen atoms in total. The van der Waals surface area contributed by atoms with Crippen molar-refractivity contribution in [2.45, 2.75) is 26.4 Å². The largest absolute Gasteiger partial charge is 0.494 e. The zero-order valence-corrected chi connectivity index (χ0v) is 12.1. The highest BCUT2D eigenvalue weighted by molar-refractivity contribution is 6.18. The van der Waals surface area contributed by atoms with Crippen LogP contribution in [0.4, 0.5) is 0 Å². The first kappa shape index (κ1) is 15.6. The van der Waals surface area contributed by atoms with Crippen molar-refractivity contribution in [3.63, 3.8) is 0 Å². The van der Waals surface area contributed by atoms with Gasteiger partial charge in [0.1, 0.15) is 17.6 Å². The third-order valence-electron chi connectivity index (χ3n) is 2.38. The van der Waals surface area contributed by atoms with Crippen molar-refractivity contribution in [1.82, 2.24) is 5.32 Å². The zero-order valence-electron chi connectivity index (χ0n) is 11.3. The maximum atomic E-state index is 11.2. The van der Waals surface area contributed by atoms with Crippen LogP contribution in [0.5, 0.6) is 11.5 Å². The molecule has 0 fully saturated rings. The Hall–Kier alpha value is -1.42. The number of rotatable bonds is 8. The topological polar surface area (TPSA) is 47.6 Å². The lowest BCUT2D eigenvalue weighted by Gasteiger charge is -2.15. The Kier molecular flexibility index (Phi) is 7.11. The highest BCUT2D eigenvalue weighted by Crippen LogP contribution is 2.18. The predicted octanol–water partition coefficient (Wildman–Crippen LogP) is 2.60. The Balaban J connectivity index is 2.35. The van der Waals surface area contributed by atoms with E-state index in [9.17, 15) is 4.79 Å². The Morgan fingerprint density at radius 3 is 2.53 bits per heavy atom. The molecule has 0 heterocycles. The number of carbonyl (C=O) groups excluding carboxylic acids is 1. The molecular formula is C14H20ClNO3. The maximum Gasteiger partial charge on any atom is 0.221 e. The van der Waals surface area contributed by atoms with Gasteiger partial charge in [0.05, 0.1) is 13.2 Å². The number of carbonyl (C=O) groups is 1. The second kappa shape index (κ2) is 8.64. The standard InChI is InChI=1S/C14H20ClNO3/c1-3-18-12-4-6-13(7-5-12)19-11(2)10-16-14(17)8-9-15/h4-7,11H,3,8-10H2,1-2H3,(H,16,17). The lowest BCUT2D eigenvalue weighted by molar-refractivity contribution is -0.121. The number of alkyl halides is 1. The van der Waals surface area contributed by atoms with Crippen molar-refractivity contribution in [3.05, 3.63) is 24.3 Å². The first-order chi connectivity index (χ1) is 9.15. The third-order valence-corrected chi connectivity index (χ3v) is 2.57. The van der Waals surface area contributed by atoms with Gasteiger partial charge in [-0.3, -0.25) is 4.79 Å². The minimum absolute atomic E-state index is 0.0582. The van der Waals surface area contributed by atoms with Crippen LogP contribution in [0.1, 0.15) is 20.3 Å². The van der Waals surface area contributed by atoms with Gasteiger partial charge in [0.15, 0.2) is 0 Å². The molecule has 0 saturated heterocycles. The molecule has 1 aromatic rings. The van der Waals surface area contributed by atoms with Crippen LogP contribution in [-0.4, -0.2) is 31.0 Å². The molecule has 1 rings (SSSR count). The summed E-state index contributed by atoms with van der Waals surface area (Å²) in [5, 5.41) is 2.76. The molecule has 0 aromatic heterocycles. The minimum Gasteiger partial charge on any atom is -0.494 e. The van der Waals surface area contributed by atoms with Gasteiger partial charge in [-0.15, -0.1) is 11.6 Å². The number of hydrogen-bond acceptors (Lipinski definition) is 3. The van der Waals surface area contributed by atoms with Gasteiger partial charge in [-0.1, -0.05) is 0 Å². The average molecular weight is 286 g/mol. The molecule has 1 amide bonds. The van der Waals surface area contributed by atoms with Gasteiger partial charge in [-0.25, -0.2) is 0 Å². The van der Waals surface area contributed by atoms with Crippen molar-refractivity contribution in [2.75, 3.05) is 19.0 Å². The Morgan fingerprint density at radius 2 is 1.95 bits per heavy atom. The summed E-state index contributed by atoms with van der Waals surface area (Å²) in [5.41, 5.74) is 0. The highest BCUT2D eigenvalue weighted by Gasteiger charge is 2.06. The zero-order chi connectivity index (χ0) is 14.1. The van der Waals surface area contributed by atoms with E-state index in [4.69, 9.17) is 21.1 Å². The van der Waals surface area contributed by atoms with Gasteiger partial charge in [-0.2, -0.15) is 0 Å². The Morgan fingerprint density at radius 1 is 1.32 bits per heavy atom. The molecule has 0 aliphatic carbocycles. The summed E-state index contributed by atoms with van der Waals surface area (Å²) in [7, 11) is 0. The van der Waals surface area contributed by atoms with Crippen molar-refractivity contribution in [2.24, 2.45) is 0 Å². The minimum atomic E-state index is -0.0998. The second-order valence-corrected chi connectivity index (χ2v) is 4.45. The molecule has 0 saturated carbocycles. The first-order valence-electron chi connectivity index (χ1n) is 6.38. The average Bonchev–Trinajstić information content (AvgIpc) is 2.39. The molecule has 0 aliphatic heterocycles. The monoisotopic (exact) mass is 285 g/mol. The molecular weight excluding hydrogens is 266 g/mol. The Labute approximate surface area is 119 Å². The van der Waals surface area contributed by atoms with E-state index in [1.54, 1.807) is 0 Å². The predicted molar refractivity (Wildman–Crippen MR) is 76.0 cm³/mol. The summed E-state index contributed by atoms with van der Waals surface area (Å²) in [4.78, 5) is 11.2. The fourth-order valence-corrected chi connectivity index (χ4v) is 1.66. The van der Waals surface area contributed by atoms with Crippen molar-refractivity contribution in [1.29, 1.82) is 0 Å². The van der Waals surface area contributed by atoms with E-state index in [0.29, 0.717) is 25.5 Å². The van der Waals surface area contributed by atoms with Crippen LogP contribution in [0.3, 0.4) is 0 Å². The molecule has 0 radical (unpaired) electrons. The number of benzene rings is 1. The summed E-state index contributed by atoms with van der Waals surface area (Å²) < 4.78 is 11.0. The molecule has 1 aromatic carbocycles. The van der Waals surface area contributed by atoms with E-state index in [1.165, 1.54) is 0 Å². The van der Waals surface area contributed by atoms with Crippen LogP contribution in [0.2, 0.25) is 0 Å². The lowest BCUT2D eigenvalue weighted by atomic mass is 10.3. The van der Waals surface area contributed by atoms with Gasteiger partial charge in [0, 0.05) is 12.3 Å². The lowest BCUT2D eigenvalue weighted by Crippen LogP contribution is -2.33. The number of nitrogens with one attached hydrogen (secondary N) is 1. The van der Waals surface area contributed by atoms with E-state index in [0.717, 1.165) is 11.5 Å². The number of amides is 1. The molecule has 1 atom stereocenters. The SMILES string of the molecule is CCOc1ccc(OC(C)CNC(=O)CCCl)cc1. The summed E-state index contributed by atoms with van der Waals surface area (Å²) in [6.07, 6.45) is 0.231. The fourth-order valence-electron chi connectivity index (χ4n) is 1.49. The molecule has 1 unspecified atom stereocenters. The van der Waals surface area contributed by atoms with Crippen LogP contribution in [-0.2, 0) is 4.79 Å². The highest BCUT2D eigenvalue weighted by atomic mass is 35.5. The van der Waals surface area contributed by atoms with E-state index in [1.807, 2.05) is 38.1 Å². The van der Waals surface area contributed by atoms with Gasteiger partial charge < -0.3 is 14.8 Å². The van der Waals surface area contributed by atoms with Gasteiger partial charge in [-0.05, 0) is 38.1 Å². The number of halogens is 1. The first-order valence-corrected chi connectivity index (χ1v) is 6.91. The van der Waals surface area contributed by atoms with E-state index in [-0.39, 0.29) is 12.0 Å². The van der Waals surface area contributed by atoms with Gasteiger partial charge in [0.25, 0.3) is 0 Å². The van der Waals surface area contributed by atoms with Gasteiger partial charge >= 0.3 is 0 Å². The smallest absolute Gasteiger partial charge is 0.221 e. The van der Waals surface area contributed by atoms with Crippen molar-refractivity contribution < 1.29 is 14.3 Å². The summed E-state index contributed by atoms with van der Waals surface area (Å²) in [6, 6.07) is 7.42. The molecule has 0 bridgehead atoms. The number of ether oxygens (including phenoxy) is 2. The van der Waals surface area contributed by atoms with Crippen LogP contribution in [0, 0.1) is 0 Å². The van der Waals surface area contributed by atoms with Crippen LogP contribution < -0.4 is 14.8 Å². The number of hydrogen-bond donors (Lipinski definition) is 1. The van der Waals surface area contributed by atoms with Crippen molar-refractivity contribution in [3.8, 4) is 11.5 Å². The summed E-state index contributed by atoms with van der Waals surface area (Å²) in [6.45, 7) is 4.94. The molecule has 106 valence electrons. The fraction of sp³-hybridized carbons (Fsp3) is 0.500. The molecule has 0 aliphatic rings. The summed E-state index contributed by atoms with van der Waals surface area (Å²) >= 11 is 5.48. The molecule has 5 heteroatoms. The Bertz CT molecular complexity index is 381. The van der Waals surface area contributed by atoms with Crippen molar-refractivity contribution >= 4 is 17.5 Å². The van der Waals surface area contributed by atoms with Crippen LogP contribution in [0.25, 0.3) is 0 Å². The maximum absolute atomic E-state index is 11.2.